The zero-order chi connectivity index (χ0) is 31.3. The molecule has 3 heteroatoms. The Balaban J connectivity index is 1.46. The third-order valence-electron chi connectivity index (χ3n) is 10.3. The Morgan fingerprint density at radius 3 is 1.83 bits per heavy atom. The fraction of sp³-hybridized carbons (Fsp3) is 0.0682. The summed E-state index contributed by atoms with van der Waals surface area (Å²) in [5.74, 6) is 0. The summed E-state index contributed by atoms with van der Waals surface area (Å²) >= 11 is 0. The van der Waals surface area contributed by atoms with Gasteiger partial charge in [0, 0.05) is 55.7 Å². The Bertz CT molecular complexity index is 2670. The second kappa shape index (κ2) is 9.54. The SMILES string of the molecule is CC1(C)c2ccccc2-c2c1c1c3ccccc3n(-c3ccccc3)c1c1c3ccccc3n(-c3ccc(-c4ccccn4)cc3)c21. The van der Waals surface area contributed by atoms with Crippen molar-refractivity contribution >= 4 is 43.6 Å². The van der Waals surface area contributed by atoms with Crippen molar-refractivity contribution in [1.29, 1.82) is 0 Å². The van der Waals surface area contributed by atoms with Gasteiger partial charge in [0.1, 0.15) is 0 Å². The van der Waals surface area contributed by atoms with Gasteiger partial charge >= 0.3 is 0 Å². The molecule has 3 aromatic heterocycles. The summed E-state index contributed by atoms with van der Waals surface area (Å²) in [4.78, 5) is 4.61. The predicted molar refractivity (Wildman–Crippen MR) is 196 cm³/mol. The maximum atomic E-state index is 4.61. The summed E-state index contributed by atoms with van der Waals surface area (Å²) in [6.45, 7) is 4.82. The van der Waals surface area contributed by atoms with E-state index in [9.17, 15) is 0 Å². The third-order valence-corrected chi connectivity index (χ3v) is 10.3. The number of fused-ring (bicyclic) bond motifs is 12. The molecule has 0 saturated heterocycles. The fourth-order valence-electron chi connectivity index (χ4n) is 8.39. The molecule has 3 nitrogen and oxygen atoms in total. The number of rotatable bonds is 3. The van der Waals surface area contributed by atoms with Crippen molar-refractivity contribution in [2.24, 2.45) is 0 Å². The molecule has 47 heavy (non-hydrogen) atoms. The first-order valence-electron chi connectivity index (χ1n) is 16.3. The minimum Gasteiger partial charge on any atom is -0.309 e. The molecule has 0 saturated carbocycles. The van der Waals surface area contributed by atoms with Crippen molar-refractivity contribution in [1.82, 2.24) is 14.1 Å². The molecule has 0 radical (unpaired) electrons. The second-order valence-corrected chi connectivity index (χ2v) is 13.2. The van der Waals surface area contributed by atoms with E-state index in [1.54, 1.807) is 0 Å². The van der Waals surface area contributed by atoms with Crippen LogP contribution in [0.4, 0.5) is 0 Å². The quantitative estimate of drug-likeness (QED) is 0.198. The zero-order valence-corrected chi connectivity index (χ0v) is 26.3. The van der Waals surface area contributed by atoms with Crippen LogP contribution in [0.5, 0.6) is 0 Å². The smallest absolute Gasteiger partial charge is 0.0701 e. The van der Waals surface area contributed by atoms with E-state index in [0.29, 0.717) is 0 Å². The first-order chi connectivity index (χ1) is 23.1. The minimum atomic E-state index is -0.200. The number of aromatic nitrogens is 3. The molecule has 0 aliphatic heterocycles. The number of hydrogen-bond donors (Lipinski definition) is 0. The summed E-state index contributed by atoms with van der Waals surface area (Å²) in [6, 6.07) is 52.8. The average molecular weight is 602 g/mol. The first-order valence-corrected chi connectivity index (χ1v) is 16.3. The second-order valence-electron chi connectivity index (χ2n) is 13.2. The van der Waals surface area contributed by atoms with Crippen LogP contribution in [0.25, 0.3) is 77.4 Å². The maximum Gasteiger partial charge on any atom is 0.0701 e. The molecule has 0 unspecified atom stereocenters. The molecule has 222 valence electrons. The van der Waals surface area contributed by atoms with Gasteiger partial charge in [0.25, 0.3) is 0 Å². The van der Waals surface area contributed by atoms with Gasteiger partial charge in [0.15, 0.2) is 0 Å². The van der Waals surface area contributed by atoms with Gasteiger partial charge in [-0.1, -0.05) is 111 Å². The average Bonchev–Trinajstić information content (AvgIpc) is 3.73. The summed E-state index contributed by atoms with van der Waals surface area (Å²) in [5.41, 5.74) is 14.6. The molecule has 0 bridgehead atoms. The molecule has 1 aliphatic rings. The van der Waals surface area contributed by atoms with Crippen molar-refractivity contribution in [3.8, 4) is 33.8 Å². The highest BCUT2D eigenvalue weighted by atomic mass is 15.0. The minimum absolute atomic E-state index is 0.200. The van der Waals surface area contributed by atoms with E-state index in [4.69, 9.17) is 0 Å². The van der Waals surface area contributed by atoms with E-state index in [1.807, 2.05) is 18.3 Å². The lowest BCUT2D eigenvalue weighted by Gasteiger charge is -2.23. The molecule has 0 N–H and O–H groups in total. The third kappa shape index (κ3) is 3.49. The van der Waals surface area contributed by atoms with Gasteiger partial charge in [0.05, 0.1) is 27.8 Å². The molecule has 3 heterocycles. The van der Waals surface area contributed by atoms with E-state index >= 15 is 0 Å². The highest BCUT2D eigenvalue weighted by molar-refractivity contribution is 6.31. The van der Waals surface area contributed by atoms with E-state index in [1.165, 1.54) is 71.6 Å². The predicted octanol–water partition coefficient (Wildman–Crippen LogP) is 11.2. The van der Waals surface area contributed by atoms with Gasteiger partial charge < -0.3 is 9.13 Å². The van der Waals surface area contributed by atoms with Gasteiger partial charge in [-0.05, 0) is 65.2 Å². The van der Waals surface area contributed by atoms with Gasteiger partial charge in [-0.15, -0.1) is 0 Å². The summed E-state index contributed by atoms with van der Waals surface area (Å²) < 4.78 is 5.02. The van der Waals surface area contributed by atoms with Crippen LogP contribution >= 0.6 is 0 Å². The van der Waals surface area contributed by atoms with E-state index in [0.717, 1.165) is 16.9 Å². The molecule has 0 amide bonds. The van der Waals surface area contributed by atoms with Crippen molar-refractivity contribution in [2.45, 2.75) is 19.3 Å². The lowest BCUT2D eigenvalue weighted by atomic mass is 9.80. The lowest BCUT2D eigenvalue weighted by molar-refractivity contribution is 0.667. The van der Waals surface area contributed by atoms with Crippen molar-refractivity contribution in [2.75, 3.05) is 0 Å². The number of nitrogens with zero attached hydrogens (tertiary/aromatic N) is 3. The van der Waals surface area contributed by atoms with Crippen LogP contribution in [0.1, 0.15) is 25.0 Å². The summed E-state index contributed by atoms with van der Waals surface area (Å²) in [6.07, 6.45) is 1.86. The largest absolute Gasteiger partial charge is 0.309 e. The molecule has 1 aliphatic carbocycles. The summed E-state index contributed by atoms with van der Waals surface area (Å²) in [7, 11) is 0. The zero-order valence-electron chi connectivity index (χ0n) is 26.3. The number of pyridine rings is 1. The van der Waals surface area contributed by atoms with Gasteiger partial charge in [0.2, 0.25) is 0 Å². The molecule has 6 aromatic carbocycles. The van der Waals surface area contributed by atoms with Crippen molar-refractivity contribution in [3.05, 3.63) is 163 Å². The Kier molecular flexibility index (Phi) is 5.34. The Morgan fingerprint density at radius 2 is 1.11 bits per heavy atom. The monoisotopic (exact) mass is 601 g/mol. The van der Waals surface area contributed by atoms with Crippen molar-refractivity contribution < 1.29 is 0 Å². The molecule has 0 fully saturated rings. The number of hydrogen-bond acceptors (Lipinski definition) is 1. The first kappa shape index (κ1) is 26.3. The Morgan fingerprint density at radius 1 is 0.511 bits per heavy atom. The maximum absolute atomic E-state index is 4.61. The van der Waals surface area contributed by atoms with Crippen LogP contribution in [0.15, 0.2) is 152 Å². The molecular formula is C44H31N3. The van der Waals surface area contributed by atoms with Crippen LogP contribution in [-0.4, -0.2) is 14.1 Å². The molecule has 0 atom stereocenters. The van der Waals surface area contributed by atoms with Gasteiger partial charge in [-0.25, -0.2) is 0 Å². The van der Waals surface area contributed by atoms with Crippen molar-refractivity contribution in [3.63, 3.8) is 0 Å². The normalized spacial score (nSPS) is 13.5. The highest BCUT2D eigenvalue weighted by Crippen LogP contribution is 2.58. The highest BCUT2D eigenvalue weighted by Gasteiger charge is 2.41. The van der Waals surface area contributed by atoms with Gasteiger partial charge in [-0.2, -0.15) is 0 Å². The molecule has 9 aromatic rings. The van der Waals surface area contributed by atoms with Crippen LogP contribution < -0.4 is 0 Å². The molecular weight excluding hydrogens is 571 g/mol. The van der Waals surface area contributed by atoms with E-state index in [2.05, 4.69) is 161 Å². The number of benzene rings is 6. The van der Waals surface area contributed by atoms with Crippen LogP contribution in [0, 0.1) is 0 Å². The van der Waals surface area contributed by atoms with Crippen LogP contribution in [-0.2, 0) is 5.41 Å². The van der Waals surface area contributed by atoms with E-state index < -0.39 is 0 Å². The fourth-order valence-corrected chi connectivity index (χ4v) is 8.39. The van der Waals surface area contributed by atoms with Crippen LogP contribution in [0.3, 0.4) is 0 Å². The summed E-state index contributed by atoms with van der Waals surface area (Å²) in [5, 5.41) is 5.19. The Labute approximate surface area is 273 Å². The number of para-hydroxylation sites is 3. The molecule has 0 spiro atoms. The topological polar surface area (TPSA) is 22.8 Å². The van der Waals surface area contributed by atoms with Crippen LogP contribution in [0.2, 0.25) is 0 Å². The Hall–Kier alpha value is -5.93. The lowest BCUT2D eigenvalue weighted by Crippen LogP contribution is -2.15. The van der Waals surface area contributed by atoms with Gasteiger partial charge in [-0.3, -0.25) is 4.98 Å². The molecule has 10 rings (SSSR count). The van der Waals surface area contributed by atoms with E-state index in [-0.39, 0.29) is 5.41 Å². The standard InChI is InChI=1S/C44H31N3/c1-44(2)34-19-9-6-16-31(34)38-41(44)39-32-17-7-10-21-36(32)46(29-14-4-3-5-15-29)43(39)40-33-18-8-11-22-37(33)47(42(38)40)30-25-23-28(24-26-30)35-20-12-13-27-45-35/h3-27H,1-2H3.